The first-order valence-corrected chi connectivity index (χ1v) is 6.59. The van der Waals surface area contributed by atoms with E-state index >= 15 is 0 Å². The van der Waals surface area contributed by atoms with Crippen molar-refractivity contribution >= 4 is 18.5 Å². The zero-order valence-electron chi connectivity index (χ0n) is 12.7. The Morgan fingerprint density at radius 3 is 2.27 bits per heavy atom. The van der Waals surface area contributed by atoms with Crippen LogP contribution >= 0.6 is 0 Å². The van der Waals surface area contributed by atoms with Crippen LogP contribution in [0.2, 0.25) is 0 Å². The summed E-state index contributed by atoms with van der Waals surface area (Å²) in [5.74, 6) is -0.631. The molecule has 1 aromatic heterocycles. The second-order valence-corrected chi connectivity index (χ2v) is 5.98. The molecule has 0 atom stereocenters. The van der Waals surface area contributed by atoms with Crippen molar-refractivity contribution in [2.24, 2.45) is 0 Å². The topological polar surface area (TPSA) is 79.5 Å². The number of hydrogen-bond acceptors (Lipinski definition) is 6. The normalized spacial score (nSPS) is 20.2. The predicted molar refractivity (Wildman–Crippen MR) is 73.7 cm³/mol. The van der Waals surface area contributed by atoms with Gasteiger partial charge in [-0.2, -0.15) is 13.2 Å². The smallest absolute Gasteiger partial charge is 0.465 e. The van der Waals surface area contributed by atoms with Gasteiger partial charge in [-0.3, -0.25) is 0 Å². The Bertz CT molecular complexity index is 550. The van der Waals surface area contributed by atoms with Gasteiger partial charge in [0.05, 0.1) is 16.8 Å². The minimum atomic E-state index is -4.49. The molecule has 1 saturated heterocycles. The minimum Gasteiger partial charge on any atom is -0.465 e. The van der Waals surface area contributed by atoms with Crippen LogP contribution in [-0.4, -0.2) is 41.1 Å². The van der Waals surface area contributed by atoms with Gasteiger partial charge in [-0.1, -0.05) is 0 Å². The standard InChI is InChI=1S/C12H17BF3N3O3/c1-10(2)11(3,4)22-13(21-10)7-5-18-8(17)9(19-7)20-6-12(14,15)16/h5H,6H2,1-4H3,(H2,17,18). The first-order valence-electron chi connectivity index (χ1n) is 6.59. The number of ether oxygens (including phenoxy) is 1. The van der Waals surface area contributed by atoms with E-state index in [0.29, 0.717) is 0 Å². The molecule has 0 spiro atoms. The van der Waals surface area contributed by atoms with Crippen molar-refractivity contribution in [2.75, 3.05) is 12.3 Å². The lowest BCUT2D eigenvalue weighted by molar-refractivity contribution is -0.153. The fourth-order valence-electron chi connectivity index (χ4n) is 1.73. The lowest BCUT2D eigenvalue weighted by Crippen LogP contribution is -2.41. The van der Waals surface area contributed by atoms with Crippen molar-refractivity contribution < 1.29 is 27.2 Å². The van der Waals surface area contributed by atoms with Gasteiger partial charge >= 0.3 is 13.3 Å². The van der Waals surface area contributed by atoms with Crippen LogP contribution in [0.15, 0.2) is 6.20 Å². The second-order valence-electron chi connectivity index (χ2n) is 5.98. The van der Waals surface area contributed by atoms with Gasteiger partial charge in [0.1, 0.15) is 0 Å². The molecule has 0 unspecified atom stereocenters. The Labute approximate surface area is 126 Å². The van der Waals surface area contributed by atoms with Gasteiger partial charge in [-0.25, -0.2) is 9.97 Å². The molecule has 6 nitrogen and oxygen atoms in total. The van der Waals surface area contributed by atoms with Crippen molar-refractivity contribution in [3.05, 3.63) is 6.20 Å². The van der Waals surface area contributed by atoms with Crippen LogP contribution < -0.4 is 16.1 Å². The quantitative estimate of drug-likeness (QED) is 0.846. The monoisotopic (exact) mass is 319 g/mol. The Morgan fingerprint density at radius 1 is 1.23 bits per heavy atom. The van der Waals surface area contributed by atoms with Gasteiger partial charge in [-0.05, 0) is 27.7 Å². The van der Waals surface area contributed by atoms with Gasteiger partial charge in [-0.15, -0.1) is 0 Å². The van der Waals surface area contributed by atoms with E-state index in [2.05, 4.69) is 14.7 Å². The van der Waals surface area contributed by atoms with Crippen LogP contribution in [0.1, 0.15) is 27.7 Å². The number of aromatic nitrogens is 2. The number of rotatable bonds is 3. The van der Waals surface area contributed by atoms with Gasteiger partial charge in [0.25, 0.3) is 5.88 Å². The minimum absolute atomic E-state index is 0.199. The summed E-state index contributed by atoms with van der Waals surface area (Å²) in [5.41, 5.74) is 4.47. The molecule has 0 saturated carbocycles. The molecule has 2 rings (SSSR count). The first kappa shape index (κ1) is 16.8. The summed E-state index contributed by atoms with van der Waals surface area (Å²) >= 11 is 0. The molecule has 0 aliphatic carbocycles. The first-order chi connectivity index (χ1) is 9.91. The molecule has 0 bridgehead atoms. The number of alkyl halides is 3. The van der Waals surface area contributed by atoms with E-state index in [0.717, 1.165) is 0 Å². The molecule has 1 fully saturated rings. The molecule has 1 aromatic rings. The summed E-state index contributed by atoms with van der Waals surface area (Å²) in [5, 5.41) is 0. The highest BCUT2D eigenvalue weighted by atomic mass is 19.4. The molecule has 2 N–H and O–H groups in total. The number of halogens is 3. The van der Waals surface area contributed by atoms with Crippen LogP contribution in [0.4, 0.5) is 19.0 Å². The average Bonchev–Trinajstić information content (AvgIpc) is 2.56. The Balaban J connectivity index is 2.20. The van der Waals surface area contributed by atoms with Gasteiger partial charge < -0.3 is 19.8 Å². The molecule has 0 amide bonds. The van der Waals surface area contributed by atoms with E-state index in [-0.39, 0.29) is 11.4 Å². The molecule has 122 valence electrons. The van der Waals surface area contributed by atoms with Crippen molar-refractivity contribution in [2.45, 2.75) is 45.1 Å². The third-order valence-corrected chi connectivity index (χ3v) is 3.65. The number of hydrogen-bond donors (Lipinski definition) is 1. The molecule has 22 heavy (non-hydrogen) atoms. The van der Waals surface area contributed by atoms with Crippen molar-refractivity contribution in [3.8, 4) is 5.88 Å². The van der Waals surface area contributed by atoms with Crippen LogP contribution in [0, 0.1) is 0 Å². The third kappa shape index (κ3) is 3.44. The number of nitrogens with zero attached hydrogens (tertiary/aromatic N) is 2. The molecule has 0 aromatic carbocycles. The molecule has 1 aliphatic heterocycles. The lowest BCUT2D eigenvalue weighted by atomic mass is 9.85. The summed E-state index contributed by atoms with van der Waals surface area (Å²) in [4.78, 5) is 7.71. The van der Waals surface area contributed by atoms with E-state index in [1.54, 1.807) is 0 Å². The van der Waals surface area contributed by atoms with Crippen molar-refractivity contribution in [3.63, 3.8) is 0 Å². The SMILES string of the molecule is CC1(C)OB(c2cnc(N)c(OCC(F)(F)F)n2)OC1(C)C. The molecule has 0 radical (unpaired) electrons. The van der Waals surface area contributed by atoms with Crippen LogP contribution in [0.25, 0.3) is 0 Å². The molecular formula is C12H17BF3N3O3. The van der Waals surface area contributed by atoms with E-state index in [9.17, 15) is 13.2 Å². The molecule has 1 aliphatic rings. The van der Waals surface area contributed by atoms with Crippen LogP contribution in [0.3, 0.4) is 0 Å². The summed E-state index contributed by atoms with van der Waals surface area (Å²) in [6.45, 7) is 5.88. The van der Waals surface area contributed by atoms with Crippen molar-refractivity contribution in [1.82, 2.24) is 9.97 Å². The van der Waals surface area contributed by atoms with Crippen molar-refractivity contribution in [1.29, 1.82) is 0 Å². The van der Waals surface area contributed by atoms with Gasteiger partial charge in [0.15, 0.2) is 12.4 Å². The average molecular weight is 319 g/mol. The fraction of sp³-hybridized carbons (Fsp3) is 0.667. The van der Waals surface area contributed by atoms with Gasteiger partial charge in [0.2, 0.25) is 0 Å². The second kappa shape index (κ2) is 5.27. The highest BCUT2D eigenvalue weighted by molar-refractivity contribution is 6.61. The maximum atomic E-state index is 12.2. The maximum absolute atomic E-state index is 12.2. The van der Waals surface area contributed by atoms with Crippen LogP contribution in [-0.2, 0) is 9.31 Å². The van der Waals surface area contributed by atoms with E-state index in [1.807, 2.05) is 27.7 Å². The largest absolute Gasteiger partial charge is 0.516 e. The predicted octanol–water partition coefficient (Wildman–Crippen LogP) is 1.30. The van der Waals surface area contributed by atoms with Crippen LogP contribution in [0.5, 0.6) is 5.88 Å². The highest BCUT2D eigenvalue weighted by Gasteiger charge is 2.52. The highest BCUT2D eigenvalue weighted by Crippen LogP contribution is 2.36. The Morgan fingerprint density at radius 2 is 1.77 bits per heavy atom. The summed E-state index contributed by atoms with van der Waals surface area (Å²) in [7, 11) is -0.855. The van der Waals surface area contributed by atoms with E-state index < -0.39 is 37.0 Å². The zero-order chi connectivity index (χ0) is 16.8. The number of nitrogen functional groups attached to an aromatic ring is 1. The summed E-state index contributed by atoms with van der Waals surface area (Å²) in [6.07, 6.45) is -3.20. The van der Waals surface area contributed by atoms with E-state index in [4.69, 9.17) is 15.0 Å². The summed E-state index contributed by atoms with van der Waals surface area (Å²) in [6, 6.07) is 0. The Hall–Kier alpha value is -1.55. The third-order valence-electron chi connectivity index (χ3n) is 3.65. The Kier molecular flexibility index (Phi) is 4.03. The number of anilines is 1. The zero-order valence-corrected chi connectivity index (χ0v) is 12.7. The summed E-state index contributed by atoms with van der Waals surface area (Å²) < 4.78 is 52.7. The fourth-order valence-corrected chi connectivity index (χ4v) is 1.73. The van der Waals surface area contributed by atoms with Gasteiger partial charge in [0, 0.05) is 6.20 Å². The maximum Gasteiger partial charge on any atom is 0.516 e. The number of nitrogens with two attached hydrogens (primary N) is 1. The van der Waals surface area contributed by atoms with E-state index in [1.165, 1.54) is 6.20 Å². The molecular weight excluding hydrogens is 302 g/mol. The molecule has 2 heterocycles. The molecule has 10 heteroatoms. The lowest BCUT2D eigenvalue weighted by Gasteiger charge is -2.32.